The Kier molecular flexibility index (Phi) is 7.76. The molecule has 0 aliphatic carbocycles. The van der Waals surface area contributed by atoms with Crippen LogP contribution in [0.25, 0.3) is 5.76 Å². The average molecular weight is 516 g/mol. The van der Waals surface area contributed by atoms with Crippen LogP contribution in [0.5, 0.6) is 17.2 Å². The van der Waals surface area contributed by atoms with Crippen LogP contribution in [0, 0.1) is 6.92 Å². The van der Waals surface area contributed by atoms with Gasteiger partial charge in [0.25, 0.3) is 11.7 Å². The number of ketones is 1. The molecule has 7 heteroatoms. The fourth-order valence-corrected chi connectivity index (χ4v) is 4.81. The second kappa shape index (κ2) is 11.0. The van der Waals surface area contributed by atoms with Crippen LogP contribution in [0.15, 0.2) is 66.2 Å². The molecule has 198 valence electrons. The first-order valence-corrected chi connectivity index (χ1v) is 12.6. The molecule has 7 nitrogen and oxygen atoms in total. The van der Waals surface area contributed by atoms with Gasteiger partial charge in [-0.3, -0.25) is 14.5 Å². The molecule has 38 heavy (non-hydrogen) atoms. The van der Waals surface area contributed by atoms with Gasteiger partial charge in [0.05, 0.1) is 32.4 Å². The predicted octanol–water partition coefficient (Wildman–Crippen LogP) is 6.16. The van der Waals surface area contributed by atoms with Crippen molar-refractivity contribution in [2.75, 3.05) is 25.7 Å². The number of aliphatic hydroxyl groups excluding tert-OH is 1. The van der Waals surface area contributed by atoms with E-state index >= 15 is 0 Å². The molecule has 0 spiro atoms. The van der Waals surface area contributed by atoms with Gasteiger partial charge in [-0.1, -0.05) is 32.0 Å². The Morgan fingerprint density at radius 1 is 0.947 bits per heavy atom. The van der Waals surface area contributed by atoms with Gasteiger partial charge in [0, 0.05) is 11.3 Å². The summed E-state index contributed by atoms with van der Waals surface area (Å²) in [5.41, 5.74) is 3.40. The van der Waals surface area contributed by atoms with Crippen LogP contribution in [-0.2, 0) is 9.59 Å². The Morgan fingerprint density at radius 2 is 1.66 bits per heavy atom. The normalized spacial score (nSPS) is 16.7. The summed E-state index contributed by atoms with van der Waals surface area (Å²) in [6.07, 6.45) is 0. The molecule has 4 rings (SSSR count). The van der Waals surface area contributed by atoms with Crippen molar-refractivity contribution < 1.29 is 28.9 Å². The van der Waals surface area contributed by atoms with Crippen LogP contribution in [-0.4, -0.2) is 37.6 Å². The lowest BCUT2D eigenvalue weighted by Crippen LogP contribution is -2.29. The Labute approximate surface area is 223 Å². The number of aryl methyl sites for hydroxylation is 1. The molecule has 1 aliphatic rings. The van der Waals surface area contributed by atoms with Crippen LogP contribution in [0.4, 0.5) is 5.69 Å². The molecular formula is C31H33NO6. The molecule has 1 atom stereocenters. The van der Waals surface area contributed by atoms with Crippen molar-refractivity contribution >= 4 is 23.1 Å². The number of rotatable bonds is 8. The van der Waals surface area contributed by atoms with Crippen LogP contribution >= 0.6 is 0 Å². The molecule has 1 aliphatic heterocycles. The van der Waals surface area contributed by atoms with Crippen LogP contribution in [0.1, 0.15) is 55.0 Å². The topological polar surface area (TPSA) is 85.3 Å². The zero-order chi connectivity index (χ0) is 27.6. The van der Waals surface area contributed by atoms with E-state index in [0.717, 1.165) is 11.1 Å². The molecule has 3 aromatic rings. The molecule has 0 radical (unpaired) electrons. The van der Waals surface area contributed by atoms with E-state index in [1.807, 2.05) is 45.9 Å². The third-order valence-electron chi connectivity index (χ3n) is 6.65. The van der Waals surface area contributed by atoms with Crippen molar-refractivity contribution in [2.24, 2.45) is 0 Å². The van der Waals surface area contributed by atoms with E-state index in [2.05, 4.69) is 0 Å². The summed E-state index contributed by atoms with van der Waals surface area (Å²) in [6, 6.07) is 17.0. The van der Waals surface area contributed by atoms with Gasteiger partial charge in [-0.05, 0) is 78.9 Å². The largest absolute Gasteiger partial charge is 0.507 e. The fraction of sp³-hybridized carbons (Fsp3) is 0.290. The Balaban J connectivity index is 1.97. The minimum atomic E-state index is -0.883. The molecule has 0 aromatic heterocycles. The molecule has 1 fully saturated rings. The summed E-state index contributed by atoms with van der Waals surface area (Å²) < 4.78 is 16.7. The predicted molar refractivity (Wildman–Crippen MR) is 147 cm³/mol. The number of ether oxygens (including phenoxy) is 3. The smallest absolute Gasteiger partial charge is 0.300 e. The van der Waals surface area contributed by atoms with Gasteiger partial charge in [0.2, 0.25) is 0 Å². The number of anilines is 1. The van der Waals surface area contributed by atoms with Crippen LogP contribution in [0.2, 0.25) is 0 Å². The quantitative estimate of drug-likeness (QED) is 0.220. The highest BCUT2D eigenvalue weighted by Gasteiger charge is 2.47. The summed E-state index contributed by atoms with van der Waals surface area (Å²) >= 11 is 0. The van der Waals surface area contributed by atoms with Gasteiger partial charge in [-0.25, -0.2) is 0 Å². The first-order valence-electron chi connectivity index (χ1n) is 12.6. The summed E-state index contributed by atoms with van der Waals surface area (Å²) in [6.45, 7) is 8.28. The van der Waals surface area contributed by atoms with Gasteiger partial charge in [-0.2, -0.15) is 0 Å². The third-order valence-corrected chi connectivity index (χ3v) is 6.65. The van der Waals surface area contributed by atoms with Gasteiger partial charge in [0.1, 0.15) is 11.5 Å². The Hall–Kier alpha value is -4.26. The highest BCUT2D eigenvalue weighted by Crippen LogP contribution is 2.44. The summed E-state index contributed by atoms with van der Waals surface area (Å²) in [4.78, 5) is 28.5. The molecule has 0 bridgehead atoms. The number of carbonyl (C=O) groups excluding carboxylic acids is 2. The number of aliphatic hydroxyl groups is 1. The van der Waals surface area contributed by atoms with E-state index in [1.165, 1.54) is 12.0 Å². The van der Waals surface area contributed by atoms with Crippen molar-refractivity contribution in [3.05, 3.63) is 88.5 Å². The summed E-state index contributed by atoms with van der Waals surface area (Å²) in [7, 11) is 3.12. The summed E-state index contributed by atoms with van der Waals surface area (Å²) in [5.74, 6) is 0.0779. The number of nitrogens with zero attached hydrogens (tertiary/aromatic N) is 1. The summed E-state index contributed by atoms with van der Waals surface area (Å²) in [5, 5.41) is 11.6. The molecule has 3 aromatic carbocycles. The molecule has 0 saturated carbocycles. The molecular weight excluding hydrogens is 482 g/mol. The minimum absolute atomic E-state index is 0.00240. The van der Waals surface area contributed by atoms with E-state index in [-0.39, 0.29) is 17.3 Å². The number of Topliss-reactive ketones (excluding diaryl/α,β-unsaturated/α-hetero) is 1. The highest BCUT2D eigenvalue weighted by molar-refractivity contribution is 6.51. The maximum atomic E-state index is 13.5. The van der Waals surface area contributed by atoms with E-state index in [4.69, 9.17) is 14.2 Å². The molecule has 1 saturated heterocycles. The number of carbonyl (C=O) groups is 2. The molecule has 1 amide bonds. The lowest BCUT2D eigenvalue weighted by Gasteiger charge is -2.26. The monoisotopic (exact) mass is 515 g/mol. The number of benzene rings is 3. The Morgan fingerprint density at radius 3 is 2.29 bits per heavy atom. The van der Waals surface area contributed by atoms with Gasteiger partial charge in [-0.15, -0.1) is 0 Å². The molecule has 1 unspecified atom stereocenters. The number of hydrogen-bond donors (Lipinski definition) is 1. The first kappa shape index (κ1) is 26.8. The lowest BCUT2D eigenvalue weighted by atomic mass is 9.93. The lowest BCUT2D eigenvalue weighted by molar-refractivity contribution is -0.132. The van der Waals surface area contributed by atoms with Crippen LogP contribution in [0.3, 0.4) is 0 Å². The fourth-order valence-electron chi connectivity index (χ4n) is 4.81. The minimum Gasteiger partial charge on any atom is -0.507 e. The number of amides is 1. The van der Waals surface area contributed by atoms with E-state index in [9.17, 15) is 14.7 Å². The second-order valence-corrected chi connectivity index (χ2v) is 9.46. The number of methoxy groups -OCH3 is 2. The second-order valence-electron chi connectivity index (χ2n) is 9.46. The molecule has 1 heterocycles. The highest BCUT2D eigenvalue weighted by atomic mass is 16.5. The van der Waals surface area contributed by atoms with Crippen molar-refractivity contribution in [3.8, 4) is 17.2 Å². The standard InChI is InChI=1S/C31H33NO6/c1-7-38-25-14-11-20(17-26(25)37-6)28-27(29(33)21-12-13-24(36-5)23(16-21)18(2)3)30(34)31(35)32(28)22-10-8-9-19(4)15-22/h8-18,28,33H,7H2,1-6H3/b29-27+. The van der Waals surface area contributed by atoms with E-state index in [1.54, 1.807) is 49.6 Å². The Bertz CT molecular complexity index is 1410. The maximum Gasteiger partial charge on any atom is 0.300 e. The van der Waals surface area contributed by atoms with Crippen molar-refractivity contribution in [2.45, 2.75) is 39.7 Å². The number of hydrogen-bond acceptors (Lipinski definition) is 6. The van der Waals surface area contributed by atoms with Crippen molar-refractivity contribution in [1.29, 1.82) is 0 Å². The van der Waals surface area contributed by atoms with Crippen LogP contribution < -0.4 is 19.1 Å². The first-order chi connectivity index (χ1) is 18.2. The van der Waals surface area contributed by atoms with Gasteiger partial charge >= 0.3 is 0 Å². The average Bonchev–Trinajstić information content (AvgIpc) is 3.18. The van der Waals surface area contributed by atoms with E-state index < -0.39 is 17.7 Å². The third kappa shape index (κ3) is 4.84. The maximum absolute atomic E-state index is 13.5. The van der Waals surface area contributed by atoms with Crippen molar-refractivity contribution in [1.82, 2.24) is 0 Å². The molecule has 1 N–H and O–H groups in total. The van der Waals surface area contributed by atoms with Crippen molar-refractivity contribution in [3.63, 3.8) is 0 Å². The zero-order valence-electron chi connectivity index (χ0n) is 22.6. The zero-order valence-corrected chi connectivity index (χ0v) is 22.6. The van der Waals surface area contributed by atoms with Gasteiger partial charge in [0.15, 0.2) is 11.5 Å². The van der Waals surface area contributed by atoms with Gasteiger partial charge < -0.3 is 19.3 Å². The van der Waals surface area contributed by atoms with E-state index in [0.29, 0.717) is 40.7 Å². The SMILES string of the molecule is CCOc1ccc(C2/C(=C(\O)c3ccc(OC)c(C(C)C)c3)C(=O)C(=O)N2c2cccc(C)c2)cc1OC.